The van der Waals surface area contributed by atoms with E-state index in [1.807, 2.05) is 0 Å². The Hall–Kier alpha value is -2.27. The Bertz CT molecular complexity index is 586. The third kappa shape index (κ3) is 3.64. The van der Waals surface area contributed by atoms with Crippen LogP contribution >= 0.6 is 11.6 Å². The predicted molar refractivity (Wildman–Crippen MR) is 83.3 cm³/mol. The van der Waals surface area contributed by atoms with Crippen LogP contribution in [0.15, 0.2) is 49.1 Å². The summed E-state index contributed by atoms with van der Waals surface area (Å²) in [4.78, 5) is 25.7. The van der Waals surface area contributed by atoms with E-state index in [4.69, 9.17) is 11.6 Å². The summed E-state index contributed by atoms with van der Waals surface area (Å²) in [7, 11) is 0. The van der Waals surface area contributed by atoms with Gasteiger partial charge in [0.05, 0.1) is 10.7 Å². The molecule has 0 aromatic heterocycles. The molecule has 1 aliphatic heterocycles. The summed E-state index contributed by atoms with van der Waals surface area (Å²) in [6, 6.07) is 5.96. The number of anilines is 1. The summed E-state index contributed by atoms with van der Waals surface area (Å²) in [5, 5.41) is 5.84. The topological polar surface area (TPSA) is 61.4 Å². The highest BCUT2D eigenvalue weighted by atomic mass is 35.5. The summed E-state index contributed by atoms with van der Waals surface area (Å²) in [6.45, 7) is 4.28. The molecule has 1 aromatic carbocycles. The monoisotopic (exact) mass is 305 g/mol. The quantitative estimate of drug-likeness (QED) is 0.839. The number of nitrogens with zero attached hydrogens (tertiary/aromatic N) is 1. The van der Waals surface area contributed by atoms with Gasteiger partial charge in [-0.3, -0.25) is 4.79 Å². The van der Waals surface area contributed by atoms with Crippen LogP contribution in [-0.2, 0) is 4.79 Å². The van der Waals surface area contributed by atoms with Gasteiger partial charge in [-0.1, -0.05) is 42.0 Å². The van der Waals surface area contributed by atoms with Gasteiger partial charge in [0.15, 0.2) is 0 Å². The van der Waals surface area contributed by atoms with Crippen LogP contribution < -0.4 is 10.6 Å². The number of urea groups is 1. The molecule has 21 heavy (non-hydrogen) atoms. The predicted octanol–water partition coefficient (Wildman–Crippen LogP) is 2.41. The van der Waals surface area contributed by atoms with Crippen LogP contribution in [0.4, 0.5) is 10.5 Å². The van der Waals surface area contributed by atoms with E-state index in [-0.39, 0.29) is 11.9 Å². The fourth-order valence-electron chi connectivity index (χ4n) is 1.99. The molecule has 3 amide bonds. The van der Waals surface area contributed by atoms with Crippen LogP contribution in [0.5, 0.6) is 0 Å². The van der Waals surface area contributed by atoms with Gasteiger partial charge in [0, 0.05) is 13.1 Å². The van der Waals surface area contributed by atoms with E-state index in [0.29, 0.717) is 23.8 Å². The molecule has 110 valence electrons. The van der Waals surface area contributed by atoms with Crippen LogP contribution in [0.25, 0.3) is 0 Å². The molecule has 1 aliphatic rings. The molecule has 0 saturated heterocycles. The van der Waals surface area contributed by atoms with Crippen LogP contribution in [0, 0.1) is 0 Å². The molecule has 2 N–H and O–H groups in total. The van der Waals surface area contributed by atoms with Crippen molar-refractivity contribution in [2.24, 2.45) is 0 Å². The van der Waals surface area contributed by atoms with E-state index in [1.54, 1.807) is 42.5 Å². The van der Waals surface area contributed by atoms with Gasteiger partial charge in [0.2, 0.25) is 5.91 Å². The van der Waals surface area contributed by atoms with E-state index < -0.39 is 6.04 Å². The van der Waals surface area contributed by atoms with Gasteiger partial charge in [-0.25, -0.2) is 4.79 Å². The molecule has 0 spiro atoms. The number of carbonyl (C=O) groups excluding carboxylic acids is 2. The van der Waals surface area contributed by atoms with Gasteiger partial charge >= 0.3 is 6.03 Å². The molecule has 2 rings (SSSR count). The molecule has 0 radical (unpaired) electrons. The summed E-state index contributed by atoms with van der Waals surface area (Å²) in [5.74, 6) is -0.238. The van der Waals surface area contributed by atoms with Crippen molar-refractivity contribution < 1.29 is 9.59 Å². The van der Waals surface area contributed by atoms with Crippen LogP contribution in [0.2, 0.25) is 5.02 Å². The largest absolute Gasteiger partial charge is 0.351 e. The Morgan fingerprint density at radius 3 is 2.90 bits per heavy atom. The Labute approximate surface area is 128 Å². The number of hydrogen-bond donors (Lipinski definition) is 2. The molecule has 0 saturated carbocycles. The second kappa shape index (κ2) is 6.95. The number of nitrogens with one attached hydrogen (secondary N) is 2. The molecule has 0 aliphatic carbocycles. The fraction of sp³-hybridized carbons (Fsp3) is 0.200. The maximum absolute atomic E-state index is 12.3. The molecular weight excluding hydrogens is 290 g/mol. The summed E-state index contributed by atoms with van der Waals surface area (Å²) in [6.07, 6.45) is 5.07. The van der Waals surface area contributed by atoms with Crippen molar-refractivity contribution in [2.45, 2.75) is 6.04 Å². The van der Waals surface area contributed by atoms with Crippen LogP contribution in [0.3, 0.4) is 0 Å². The number of para-hydroxylation sites is 1. The first-order chi connectivity index (χ1) is 10.1. The highest BCUT2D eigenvalue weighted by Gasteiger charge is 2.30. The highest BCUT2D eigenvalue weighted by molar-refractivity contribution is 6.33. The number of halogens is 1. The molecule has 0 fully saturated rings. The fourth-order valence-corrected chi connectivity index (χ4v) is 2.17. The summed E-state index contributed by atoms with van der Waals surface area (Å²) >= 11 is 6.00. The third-order valence-corrected chi connectivity index (χ3v) is 3.35. The van der Waals surface area contributed by atoms with Gasteiger partial charge in [-0.2, -0.15) is 0 Å². The van der Waals surface area contributed by atoms with Gasteiger partial charge in [-0.05, 0) is 12.1 Å². The molecule has 1 heterocycles. The Morgan fingerprint density at radius 1 is 1.43 bits per heavy atom. The zero-order valence-electron chi connectivity index (χ0n) is 11.4. The molecule has 6 heteroatoms. The molecule has 0 unspecified atom stereocenters. The second-order valence-corrected chi connectivity index (χ2v) is 4.88. The van der Waals surface area contributed by atoms with Crippen molar-refractivity contribution in [2.75, 3.05) is 18.4 Å². The van der Waals surface area contributed by atoms with Crippen molar-refractivity contribution in [3.05, 3.63) is 54.1 Å². The number of hydrogen-bond acceptors (Lipinski definition) is 2. The number of benzene rings is 1. The molecule has 1 atom stereocenters. The SMILES string of the molecule is C=CCNC(=O)[C@H]1C=CCN1C(=O)Nc1ccccc1Cl. The van der Waals surface area contributed by atoms with E-state index in [1.165, 1.54) is 4.90 Å². The smallest absolute Gasteiger partial charge is 0.323 e. The Morgan fingerprint density at radius 2 is 2.19 bits per heavy atom. The first-order valence-corrected chi connectivity index (χ1v) is 6.88. The molecule has 1 aromatic rings. The van der Waals surface area contributed by atoms with Gasteiger partial charge < -0.3 is 15.5 Å². The lowest BCUT2D eigenvalue weighted by molar-refractivity contribution is -0.123. The number of carbonyl (C=O) groups is 2. The van der Waals surface area contributed by atoms with Crippen molar-refractivity contribution in [1.29, 1.82) is 0 Å². The first kappa shape index (κ1) is 15.1. The average molecular weight is 306 g/mol. The highest BCUT2D eigenvalue weighted by Crippen LogP contribution is 2.22. The van der Waals surface area contributed by atoms with Gasteiger partial charge in [-0.15, -0.1) is 6.58 Å². The standard InChI is InChI=1S/C15H16ClN3O2/c1-2-9-17-14(20)13-8-5-10-19(13)15(21)18-12-7-4-3-6-11(12)16/h2-8,13H,1,9-10H2,(H,17,20)(H,18,21)/t13-/m1/s1. The normalized spacial score (nSPS) is 16.6. The molecular formula is C15H16ClN3O2. The van der Waals surface area contributed by atoms with E-state index in [9.17, 15) is 9.59 Å². The lowest BCUT2D eigenvalue weighted by Gasteiger charge is -2.24. The summed E-state index contributed by atoms with van der Waals surface area (Å²) in [5.41, 5.74) is 0.515. The van der Waals surface area contributed by atoms with Gasteiger partial charge in [0.1, 0.15) is 6.04 Å². The second-order valence-electron chi connectivity index (χ2n) is 4.47. The molecule has 0 bridgehead atoms. The lowest BCUT2D eigenvalue weighted by atomic mass is 10.2. The molecule has 5 nitrogen and oxygen atoms in total. The van der Waals surface area contributed by atoms with E-state index in [0.717, 1.165) is 0 Å². The van der Waals surface area contributed by atoms with Crippen molar-refractivity contribution >= 4 is 29.2 Å². The first-order valence-electron chi connectivity index (χ1n) is 6.51. The maximum Gasteiger partial charge on any atom is 0.323 e. The minimum absolute atomic E-state index is 0.238. The Balaban J connectivity index is 2.03. The Kier molecular flexibility index (Phi) is 5.00. The van der Waals surface area contributed by atoms with E-state index in [2.05, 4.69) is 17.2 Å². The van der Waals surface area contributed by atoms with Crippen LogP contribution in [-0.4, -0.2) is 36.0 Å². The minimum atomic E-state index is -0.618. The van der Waals surface area contributed by atoms with Crippen LogP contribution in [0.1, 0.15) is 0 Å². The lowest BCUT2D eigenvalue weighted by Crippen LogP contribution is -2.47. The van der Waals surface area contributed by atoms with Crippen molar-refractivity contribution in [3.63, 3.8) is 0 Å². The summed E-state index contributed by atoms with van der Waals surface area (Å²) < 4.78 is 0. The zero-order valence-corrected chi connectivity index (χ0v) is 12.1. The van der Waals surface area contributed by atoms with Gasteiger partial charge in [0.25, 0.3) is 0 Å². The number of amides is 3. The minimum Gasteiger partial charge on any atom is -0.351 e. The van der Waals surface area contributed by atoms with Crippen molar-refractivity contribution in [1.82, 2.24) is 10.2 Å². The zero-order chi connectivity index (χ0) is 15.2. The van der Waals surface area contributed by atoms with E-state index >= 15 is 0 Å². The van der Waals surface area contributed by atoms with Crippen molar-refractivity contribution in [3.8, 4) is 0 Å². The average Bonchev–Trinajstić information content (AvgIpc) is 2.96. The maximum atomic E-state index is 12.3. The third-order valence-electron chi connectivity index (χ3n) is 3.02. The number of rotatable bonds is 4.